The van der Waals surface area contributed by atoms with Crippen molar-refractivity contribution >= 4 is 11.5 Å². The van der Waals surface area contributed by atoms with Crippen LogP contribution in [0.2, 0.25) is 0 Å². The Hall–Kier alpha value is -1.91. The highest BCUT2D eigenvalue weighted by Crippen LogP contribution is 2.08. The van der Waals surface area contributed by atoms with Crippen molar-refractivity contribution in [1.82, 2.24) is 14.6 Å². The molecule has 14 heavy (non-hydrogen) atoms. The maximum atomic E-state index is 7.43. The van der Waals surface area contributed by atoms with Crippen LogP contribution in [0.15, 0.2) is 18.2 Å². The zero-order valence-electron chi connectivity index (χ0n) is 7.86. The summed E-state index contributed by atoms with van der Waals surface area (Å²) >= 11 is 0. The van der Waals surface area contributed by atoms with Gasteiger partial charge in [-0.3, -0.25) is 9.81 Å². The quantitative estimate of drug-likeness (QED) is 0.535. The van der Waals surface area contributed by atoms with Crippen LogP contribution in [0.1, 0.15) is 18.4 Å². The number of nitrogens with one attached hydrogen (secondary N) is 1. The van der Waals surface area contributed by atoms with Crippen molar-refractivity contribution in [3.8, 4) is 0 Å². The summed E-state index contributed by atoms with van der Waals surface area (Å²) in [5, 5.41) is 15.4. The molecule has 0 bridgehead atoms. The summed E-state index contributed by atoms with van der Waals surface area (Å²) in [4.78, 5) is 0. The molecule has 72 valence electrons. The van der Waals surface area contributed by atoms with Crippen LogP contribution in [0.4, 0.5) is 0 Å². The Kier molecular flexibility index (Phi) is 1.92. The highest BCUT2D eigenvalue weighted by molar-refractivity contribution is 5.93. The minimum Gasteiger partial charge on any atom is -0.382 e. The summed E-state index contributed by atoms with van der Waals surface area (Å²) in [7, 11) is 0. The van der Waals surface area contributed by atoms with Crippen LogP contribution >= 0.6 is 0 Å². The monoisotopic (exact) mass is 189 g/mol. The van der Waals surface area contributed by atoms with Gasteiger partial charge in [-0.15, -0.1) is 10.2 Å². The Morgan fingerprint density at radius 2 is 2.29 bits per heavy atom. The molecule has 5 nitrogen and oxygen atoms in total. The molecule has 0 amide bonds. The van der Waals surface area contributed by atoms with Crippen LogP contribution in [0.3, 0.4) is 0 Å². The Morgan fingerprint density at radius 3 is 2.93 bits per heavy atom. The molecule has 0 fully saturated rings. The van der Waals surface area contributed by atoms with Gasteiger partial charge in [0.15, 0.2) is 5.65 Å². The van der Waals surface area contributed by atoms with Crippen LogP contribution in [0, 0.1) is 5.41 Å². The van der Waals surface area contributed by atoms with Crippen molar-refractivity contribution in [2.45, 2.75) is 13.3 Å². The number of nitrogens with two attached hydrogens (primary N) is 1. The lowest BCUT2D eigenvalue weighted by Crippen LogP contribution is -2.16. The number of aryl methyl sites for hydroxylation is 1. The topological polar surface area (TPSA) is 80.1 Å². The van der Waals surface area contributed by atoms with E-state index in [1.165, 1.54) is 0 Å². The highest BCUT2D eigenvalue weighted by Gasteiger charge is 2.08. The molecule has 0 atom stereocenters. The first kappa shape index (κ1) is 8.68. The predicted octanol–water partition coefficient (Wildman–Crippen LogP) is 0.576. The lowest BCUT2D eigenvalue weighted by molar-refractivity contribution is 0.903. The van der Waals surface area contributed by atoms with Gasteiger partial charge in [0.05, 0.1) is 5.69 Å². The summed E-state index contributed by atoms with van der Waals surface area (Å²) in [5.41, 5.74) is 6.84. The van der Waals surface area contributed by atoms with Gasteiger partial charge in [0, 0.05) is 6.42 Å². The summed E-state index contributed by atoms with van der Waals surface area (Å²) in [6, 6.07) is 5.46. The minimum atomic E-state index is 0.0325. The normalized spacial score (nSPS) is 10.6. The molecule has 0 spiro atoms. The molecule has 0 aliphatic heterocycles. The van der Waals surface area contributed by atoms with E-state index in [2.05, 4.69) is 10.2 Å². The van der Waals surface area contributed by atoms with E-state index >= 15 is 0 Å². The van der Waals surface area contributed by atoms with Crippen molar-refractivity contribution < 1.29 is 0 Å². The number of nitrogens with zero attached hydrogens (tertiary/aromatic N) is 3. The number of aromatic nitrogens is 3. The molecule has 0 saturated carbocycles. The van der Waals surface area contributed by atoms with Gasteiger partial charge in [-0.1, -0.05) is 13.0 Å². The van der Waals surface area contributed by atoms with E-state index in [0.717, 1.165) is 17.9 Å². The molecule has 0 radical (unpaired) electrons. The molecule has 0 aliphatic rings. The van der Waals surface area contributed by atoms with Crippen LogP contribution in [-0.4, -0.2) is 20.4 Å². The van der Waals surface area contributed by atoms with E-state index in [1.807, 2.05) is 23.5 Å². The molecule has 2 aromatic heterocycles. The lowest BCUT2D eigenvalue weighted by Gasteiger charge is -2.03. The van der Waals surface area contributed by atoms with Crippen molar-refractivity contribution in [3.63, 3.8) is 0 Å². The third kappa shape index (κ3) is 1.14. The van der Waals surface area contributed by atoms with Gasteiger partial charge >= 0.3 is 0 Å². The van der Waals surface area contributed by atoms with Crippen LogP contribution in [-0.2, 0) is 6.42 Å². The van der Waals surface area contributed by atoms with Crippen molar-refractivity contribution in [3.05, 3.63) is 29.7 Å². The number of pyridine rings is 1. The summed E-state index contributed by atoms with van der Waals surface area (Å²) in [5.74, 6) is 0.857. The van der Waals surface area contributed by atoms with Gasteiger partial charge in [-0.2, -0.15) is 0 Å². The molecule has 0 aliphatic carbocycles. The zero-order valence-corrected chi connectivity index (χ0v) is 7.86. The number of hydrogen-bond acceptors (Lipinski definition) is 3. The summed E-state index contributed by atoms with van der Waals surface area (Å²) in [6.07, 6.45) is 0.769. The fraction of sp³-hybridized carbons (Fsp3) is 0.222. The molecular formula is C9H11N5. The van der Waals surface area contributed by atoms with E-state index in [0.29, 0.717) is 5.69 Å². The largest absolute Gasteiger partial charge is 0.382 e. The fourth-order valence-corrected chi connectivity index (χ4v) is 1.44. The van der Waals surface area contributed by atoms with Gasteiger partial charge in [0.2, 0.25) is 0 Å². The Bertz CT molecular complexity index is 485. The van der Waals surface area contributed by atoms with Crippen LogP contribution in [0.5, 0.6) is 0 Å². The molecule has 3 N–H and O–H groups in total. The molecule has 0 aromatic carbocycles. The van der Waals surface area contributed by atoms with Gasteiger partial charge < -0.3 is 5.73 Å². The van der Waals surface area contributed by atoms with Crippen molar-refractivity contribution in [2.24, 2.45) is 5.73 Å². The van der Waals surface area contributed by atoms with Crippen molar-refractivity contribution in [1.29, 1.82) is 5.41 Å². The third-order valence-corrected chi connectivity index (χ3v) is 2.09. The van der Waals surface area contributed by atoms with Gasteiger partial charge in [0.25, 0.3) is 0 Å². The number of nitrogen functional groups attached to an aromatic ring is 1. The second-order valence-electron chi connectivity index (χ2n) is 2.99. The van der Waals surface area contributed by atoms with Crippen LogP contribution < -0.4 is 5.73 Å². The van der Waals surface area contributed by atoms with Crippen molar-refractivity contribution in [2.75, 3.05) is 0 Å². The molecule has 5 heteroatoms. The molecular weight excluding hydrogens is 178 g/mol. The number of rotatable bonds is 2. The van der Waals surface area contributed by atoms with E-state index in [-0.39, 0.29) is 5.84 Å². The van der Waals surface area contributed by atoms with E-state index in [9.17, 15) is 0 Å². The van der Waals surface area contributed by atoms with E-state index in [1.54, 1.807) is 6.07 Å². The standard InChI is InChI=1S/C9H11N5/c1-2-7-12-13-8-5-3-4-6(9(10)11)14(7)8/h3-5H,2H2,1H3,(H3,10,11). The highest BCUT2D eigenvalue weighted by atomic mass is 15.3. The number of hydrogen-bond donors (Lipinski definition) is 2. The molecule has 2 rings (SSSR count). The first-order chi connectivity index (χ1) is 6.74. The maximum Gasteiger partial charge on any atom is 0.161 e. The molecule has 2 aromatic rings. The Morgan fingerprint density at radius 1 is 1.50 bits per heavy atom. The summed E-state index contributed by atoms with van der Waals surface area (Å²) < 4.78 is 1.81. The third-order valence-electron chi connectivity index (χ3n) is 2.09. The van der Waals surface area contributed by atoms with Gasteiger partial charge in [-0.05, 0) is 12.1 Å². The average molecular weight is 189 g/mol. The minimum absolute atomic E-state index is 0.0325. The average Bonchev–Trinajstić information content (AvgIpc) is 2.59. The van der Waals surface area contributed by atoms with E-state index < -0.39 is 0 Å². The molecule has 0 saturated heterocycles. The number of fused-ring (bicyclic) bond motifs is 1. The van der Waals surface area contributed by atoms with Gasteiger partial charge in [0.1, 0.15) is 11.7 Å². The predicted molar refractivity (Wildman–Crippen MR) is 53.4 cm³/mol. The zero-order chi connectivity index (χ0) is 10.1. The first-order valence-corrected chi connectivity index (χ1v) is 4.41. The smallest absolute Gasteiger partial charge is 0.161 e. The van der Waals surface area contributed by atoms with Crippen LogP contribution in [0.25, 0.3) is 5.65 Å². The summed E-state index contributed by atoms with van der Waals surface area (Å²) in [6.45, 7) is 1.99. The second kappa shape index (κ2) is 3.10. The Labute approximate surface area is 81.1 Å². The SMILES string of the molecule is CCc1nnc2cccc(C(=N)N)n12. The molecule has 2 heterocycles. The lowest BCUT2D eigenvalue weighted by atomic mass is 10.3. The Balaban J connectivity index is 2.81. The maximum absolute atomic E-state index is 7.43. The second-order valence-corrected chi connectivity index (χ2v) is 2.99. The molecule has 0 unspecified atom stereocenters. The first-order valence-electron chi connectivity index (χ1n) is 4.41. The number of amidine groups is 1. The fourth-order valence-electron chi connectivity index (χ4n) is 1.44. The van der Waals surface area contributed by atoms with E-state index in [4.69, 9.17) is 11.1 Å². The van der Waals surface area contributed by atoms with Gasteiger partial charge in [-0.25, -0.2) is 0 Å².